The molecule has 3 aromatic rings. The standard InChI is InChI=1S/C20H16Cl2N2O2/c1-2-24(15-7-4-3-5-8-15)20(25)16-9-6-12-23-19(16)26-18-13-14(21)10-11-17(18)22/h3-13H,2H2,1H3. The topological polar surface area (TPSA) is 42.4 Å². The number of benzene rings is 2. The quantitative estimate of drug-likeness (QED) is 0.552. The first-order valence-electron chi connectivity index (χ1n) is 8.05. The lowest BCUT2D eigenvalue weighted by atomic mass is 10.2. The van der Waals surface area contributed by atoms with Gasteiger partial charge in [-0.25, -0.2) is 4.98 Å². The lowest BCUT2D eigenvalue weighted by Crippen LogP contribution is -2.31. The zero-order valence-electron chi connectivity index (χ0n) is 14.0. The Kier molecular flexibility index (Phi) is 5.76. The molecule has 0 saturated carbocycles. The van der Waals surface area contributed by atoms with Crippen molar-refractivity contribution in [2.75, 3.05) is 11.4 Å². The summed E-state index contributed by atoms with van der Waals surface area (Å²) < 4.78 is 5.80. The fraction of sp³-hybridized carbons (Fsp3) is 0.100. The van der Waals surface area contributed by atoms with Gasteiger partial charge in [0.2, 0.25) is 5.88 Å². The van der Waals surface area contributed by atoms with Gasteiger partial charge in [0.1, 0.15) is 11.3 Å². The van der Waals surface area contributed by atoms with Gasteiger partial charge in [0.05, 0.1) is 5.02 Å². The fourth-order valence-electron chi connectivity index (χ4n) is 2.49. The van der Waals surface area contributed by atoms with E-state index in [9.17, 15) is 4.79 Å². The summed E-state index contributed by atoms with van der Waals surface area (Å²) in [5, 5.41) is 0.863. The van der Waals surface area contributed by atoms with Gasteiger partial charge >= 0.3 is 0 Å². The van der Waals surface area contributed by atoms with Crippen molar-refractivity contribution >= 4 is 34.8 Å². The summed E-state index contributed by atoms with van der Waals surface area (Å²) in [6.45, 7) is 2.42. The van der Waals surface area contributed by atoms with Gasteiger partial charge in [-0.3, -0.25) is 4.79 Å². The molecule has 0 fully saturated rings. The van der Waals surface area contributed by atoms with Gasteiger partial charge in [-0.2, -0.15) is 0 Å². The third kappa shape index (κ3) is 3.98. The van der Waals surface area contributed by atoms with E-state index in [0.717, 1.165) is 5.69 Å². The highest BCUT2D eigenvalue weighted by Gasteiger charge is 2.21. The van der Waals surface area contributed by atoms with Crippen LogP contribution in [-0.2, 0) is 0 Å². The van der Waals surface area contributed by atoms with Crippen LogP contribution in [0.5, 0.6) is 11.6 Å². The van der Waals surface area contributed by atoms with Crippen molar-refractivity contribution in [1.29, 1.82) is 0 Å². The Morgan fingerprint density at radius 1 is 1.08 bits per heavy atom. The first-order chi connectivity index (χ1) is 12.6. The normalized spacial score (nSPS) is 10.4. The summed E-state index contributed by atoms with van der Waals surface area (Å²) in [4.78, 5) is 18.9. The SMILES string of the molecule is CCN(C(=O)c1cccnc1Oc1cc(Cl)ccc1Cl)c1ccccc1. The number of halogens is 2. The van der Waals surface area contributed by atoms with E-state index in [4.69, 9.17) is 27.9 Å². The number of amides is 1. The predicted molar refractivity (Wildman–Crippen MR) is 105 cm³/mol. The Morgan fingerprint density at radius 3 is 2.58 bits per heavy atom. The maximum Gasteiger partial charge on any atom is 0.263 e. The Morgan fingerprint density at radius 2 is 1.85 bits per heavy atom. The molecule has 0 bridgehead atoms. The second kappa shape index (κ2) is 8.21. The minimum absolute atomic E-state index is 0.177. The highest BCUT2D eigenvalue weighted by Crippen LogP contribution is 2.33. The molecule has 0 spiro atoms. The number of anilines is 1. The molecule has 0 unspecified atom stereocenters. The molecule has 0 atom stereocenters. The van der Waals surface area contributed by atoms with Crippen molar-refractivity contribution in [3.63, 3.8) is 0 Å². The van der Waals surface area contributed by atoms with Gasteiger partial charge in [-0.1, -0.05) is 41.4 Å². The zero-order valence-corrected chi connectivity index (χ0v) is 15.5. The van der Waals surface area contributed by atoms with Crippen molar-refractivity contribution in [3.05, 3.63) is 82.5 Å². The molecular formula is C20H16Cl2N2O2. The highest BCUT2D eigenvalue weighted by atomic mass is 35.5. The van der Waals surface area contributed by atoms with Crippen LogP contribution in [-0.4, -0.2) is 17.4 Å². The van der Waals surface area contributed by atoms with Gasteiger partial charge in [-0.05, 0) is 43.3 Å². The molecule has 2 aromatic carbocycles. The van der Waals surface area contributed by atoms with Crippen LogP contribution >= 0.6 is 23.2 Å². The molecule has 3 rings (SSSR count). The molecule has 6 heteroatoms. The van der Waals surface area contributed by atoms with E-state index in [1.807, 2.05) is 37.3 Å². The number of carbonyl (C=O) groups is 1. The third-order valence-corrected chi connectivity index (χ3v) is 4.28. The minimum Gasteiger partial charge on any atom is -0.437 e. The van der Waals surface area contributed by atoms with Crippen molar-refractivity contribution in [3.8, 4) is 11.6 Å². The first kappa shape index (κ1) is 18.2. The Hall–Kier alpha value is -2.56. The monoisotopic (exact) mass is 386 g/mol. The molecule has 0 saturated heterocycles. The molecule has 0 aliphatic carbocycles. The van der Waals surface area contributed by atoms with Gasteiger partial charge in [-0.15, -0.1) is 0 Å². The zero-order chi connectivity index (χ0) is 18.5. The van der Waals surface area contributed by atoms with Crippen LogP contribution in [0.15, 0.2) is 66.9 Å². The fourth-order valence-corrected chi connectivity index (χ4v) is 2.81. The molecule has 1 amide bonds. The summed E-state index contributed by atoms with van der Waals surface area (Å²) in [5.74, 6) is 0.311. The number of aromatic nitrogens is 1. The number of pyridine rings is 1. The van der Waals surface area contributed by atoms with Crippen molar-refractivity contribution in [2.45, 2.75) is 6.92 Å². The van der Waals surface area contributed by atoms with Crippen molar-refractivity contribution in [1.82, 2.24) is 4.98 Å². The van der Waals surface area contributed by atoms with E-state index in [2.05, 4.69) is 4.98 Å². The van der Waals surface area contributed by atoms with Crippen molar-refractivity contribution in [2.24, 2.45) is 0 Å². The Bertz CT molecular complexity index is 917. The van der Waals surface area contributed by atoms with Crippen LogP contribution in [0, 0.1) is 0 Å². The average molecular weight is 387 g/mol. The number of hydrogen-bond donors (Lipinski definition) is 0. The first-order valence-corrected chi connectivity index (χ1v) is 8.80. The lowest BCUT2D eigenvalue weighted by molar-refractivity contribution is 0.0985. The molecule has 0 radical (unpaired) electrons. The molecule has 1 aromatic heterocycles. The smallest absolute Gasteiger partial charge is 0.263 e. The summed E-state index contributed by atoms with van der Waals surface area (Å²) in [5.41, 5.74) is 1.14. The Labute approximate surface area is 162 Å². The van der Waals surface area contributed by atoms with Crippen LogP contribution < -0.4 is 9.64 Å². The van der Waals surface area contributed by atoms with Crippen LogP contribution in [0.25, 0.3) is 0 Å². The van der Waals surface area contributed by atoms with E-state index in [1.165, 1.54) is 0 Å². The molecule has 26 heavy (non-hydrogen) atoms. The van der Waals surface area contributed by atoms with Gasteiger partial charge in [0.15, 0.2) is 0 Å². The number of nitrogens with zero attached hydrogens (tertiary/aromatic N) is 2. The van der Waals surface area contributed by atoms with E-state index >= 15 is 0 Å². The van der Waals surface area contributed by atoms with Crippen LogP contribution in [0.2, 0.25) is 10.0 Å². The number of para-hydroxylation sites is 1. The molecule has 1 heterocycles. The second-order valence-electron chi connectivity index (χ2n) is 5.42. The highest BCUT2D eigenvalue weighted by molar-refractivity contribution is 6.34. The van der Waals surface area contributed by atoms with Gasteiger partial charge in [0, 0.05) is 29.5 Å². The largest absolute Gasteiger partial charge is 0.437 e. The maximum atomic E-state index is 13.1. The molecule has 0 N–H and O–H groups in total. The Balaban J connectivity index is 1.96. The lowest BCUT2D eigenvalue weighted by Gasteiger charge is -2.22. The van der Waals surface area contributed by atoms with Crippen LogP contribution in [0.3, 0.4) is 0 Å². The van der Waals surface area contributed by atoms with E-state index in [-0.39, 0.29) is 11.8 Å². The summed E-state index contributed by atoms with van der Waals surface area (Å²) >= 11 is 12.2. The minimum atomic E-state index is -0.208. The molecule has 132 valence electrons. The summed E-state index contributed by atoms with van der Waals surface area (Å²) in [6.07, 6.45) is 1.56. The van der Waals surface area contributed by atoms with E-state index in [1.54, 1.807) is 41.4 Å². The molecule has 4 nitrogen and oxygen atoms in total. The van der Waals surface area contributed by atoms with E-state index in [0.29, 0.717) is 27.9 Å². The number of ether oxygens (including phenoxy) is 1. The van der Waals surface area contributed by atoms with E-state index < -0.39 is 0 Å². The summed E-state index contributed by atoms with van der Waals surface area (Å²) in [6, 6.07) is 17.7. The van der Waals surface area contributed by atoms with Crippen molar-refractivity contribution < 1.29 is 9.53 Å². The molecular weight excluding hydrogens is 371 g/mol. The molecule has 0 aliphatic rings. The second-order valence-corrected chi connectivity index (χ2v) is 6.26. The predicted octanol–water partition coefficient (Wildman–Crippen LogP) is 5.85. The third-order valence-electron chi connectivity index (χ3n) is 3.73. The van der Waals surface area contributed by atoms with Crippen LogP contribution in [0.1, 0.15) is 17.3 Å². The van der Waals surface area contributed by atoms with Gasteiger partial charge in [0.25, 0.3) is 5.91 Å². The molecule has 0 aliphatic heterocycles. The van der Waals surface area contributed by atoms with Gasteiger partial charge < -0.3 is 9.64 Å². The number of hydrogen-bond acceptors (Lipinski definition) is 3. The number of carbonyl (C=O) groups excluding carboxylic acids is 1. The summed E-state index contributed by atoms with van der Waals surface area (Å²) in [7, 11) is 0. The number of rotatable bonds is 5. The van der Waals surface area contributed by atoms with Crippen LogP contribution in [0.4, 0.5) is 5.69 Å². The average Bonchev–Trinajstić information content (AvgIpc) is 2.66. The maximum absolute atomic E-state index is 13.1.